The Morgan fingerprint density at radius 1 is 1.75 bits per heavy atom. The van der Waals surface area contributed by atoms with Gasteiger partial charge in [0.25, 0.3) is 0 Å². The maximum Gasteiger partial charge on any atom is 0.306 e. The number of rotatable bonds is 2. The third-order valence-electron chi connectivity index (χ3n) is 2.86. The molecule has 0 aliphatic heterocycles. The van der Waals surface area contributed by atoms with Crippen molar-refractivity contribution < 1.29 is 9.90 Å². The predicted octanol–water partition coefficient (Wildman–Crippen LogP) is 1.84. The Bertz CT molecular complexity index is 265. The molecule has 0 heterocycles. The normalized spacial score (nSPS) is 38.0. The summed E-state index contributed by atoms with van der Waals surface area (Å²) in [7, 11) is 0. The topological polar surface area (TPSA) is 37.3 Å². The fraction of sp³-hybridized carbons (Fsp3) is 0.500. The zero-order chi connectivity index (χ0) is 8.72. The van der Waals surface area contributed by atoms with Crippen LogP contribution in [0.3, 0.4) is 0 Å². The van der Waals surface area contributed by atoms with Crippen LogP contribution in [0.2, 0.25) is 0 Å². The molecule has 0 aromatic heterocycles. The van der Waals surface area contributed by atoms with E-state index in [0.717, 1.165) is 12.8 Å². The van der Waals surface area contributed by atoms with Crippen molar-refractivity contribution >= 4 is 5.97 Å². The lowest BCUT2D eigenvalue weighted by Crippen LogP contribution is -2.22. The number of aliphatic carboxylic acids is 1. The molecule has 0 radical (unpaired) electrons. The minimum Gasteiger partial charge on any atom is -0.481 e. The first kappa shape index (κ1) is 7.59. The lowest BCUT2D eigenvalue weighted by molar-refractivity contribution is -0.142. The number of hydrogen-bond acceptors (Lipinski definition) is 1. The first-order chi connectivity index (χ1) is 5.72. The van der Waals surface area contributed by atoms with Crippen LogP contribution in [0.25, 0.3) is 0 Å². The number of fused-ring (bicyclic) bond motifs is 1. The van der Waals surface area contributed by atoms with Gasteiger partial charge in [-0.25, -0.2) is 0 Å². The maximum absolute atomic E-state index is 10.7. The molecule has 12 heavy (non-hydrogen) atoms. The Morgan fingerprint density at radius 3 is 3.08 bits per heavy atom. The van der Waals surface area contributed by atoms with Gasteiger partial charge < -0.3 is 5.11 Å². The average Bonchev–Trinajstić information content (AvgIpc) is 2.80. The smallest absolute Gasteiger partial charge is 0.306 e. The molecule has 0 amide bonds. The van der Waals surface area contributed by atoms with Gasteiger partial charge in [-0.1, -0.05) is 17.7 Å². The van der Waals surface area contributed by atoms with Crippen LogP contribution in [0.5, 0.6) is 0 Å². The van der Waals surface area contributed by atoms with Crippen LogP contribution in [-0.4, -0.2) is 11.1 Å². The van der Waals surface area contributed by atoms with Gasteiger partial charge in [-0.3, -0.25) is 4.79 Å². The number of hydrogen-bond donors (Lipinski definition) is 1. The third-order valence-corrected chi connectivity index (χ3v) is 2.86. The molecular weight excluding hydrogens is 152 g/mol. The number of carbonyl (C=O) groups is 1. The van der Waals surface area contributed by atoms with Gasteiger partial charge in [0.2, 0.25) is 0 Å². The van der Waals surface area contributed by atoms with Crippen molar-refractivity contribution in [3.63, 3.8) is 0 Å². The van der Waals surface area contributed by atoms with Crippen LogP contribution < -0.4 is 0 Å². The van der Waals surface area contributed by atoms with Gasteiger partial charge in [0, 0.05) is 5.92 Å². The van der Waals surface area contributed by atoms with Crippen LogP contribution in [0.4, 0.5) is 0 Å². The summed E-state index contributed by atoms with van der Waals surface area (Å²) in [4.78, 5) is 10.7. The molecule has 1 saturated carbocycles. The Balaban J connectivity index is 2.07. The summed E-state index contributed by atoms with van der Waals surface area (Å²) >= 11 is 0. The number of allylic oxidation sites excluding steroid dienone is 3. The number of carboxylic acids is 1. The Morgan fingerprint density at radius 2 is 2.50 bits per heavy atom. The summed E-state index contributed by atoms with van der Waals surface area (Å²) in [6, 6.07) is 0. The molecule has 0 bridgehead atoms. The van der Waals surface area contributed by atoms with E-state index in [0.29, 0.717) is 11.8 Å². The highest BCUT2D eigenvalue weighted by Gasteiger charge is 2.40. The fourth-order valence-corrected chi connectivity index (χ4v) is 2.06. The van der Waals surface area contributed by atoms with E-state index in [1.54, 1.807) is 0 Å². The summed E-state index contributed by atoms with van der Waals surface area (Å²) < 4.78 is 0. The highest BCUT2D eigenvalue weighted by molar-refractivity contribution is 5.71. The Hall–Kier alpha value is -1.05. The molecule has 0 aromatic carbocycles. The van der Waals surface area contributed by atoms with Crippen LogP contribution in [0.15, 0.2) is 24.3 Å². The van der Waals surface area contributed by atoms with Crippen molar-refractivity contribution in [3.8, 4) is 0 Å². The molecule has 2 rings (SSSR count). The lowest BCUT2D eigenvalue weighted by atomic mass is 9.81. The van der Waals surface area contributed by atoms with Crippen molar-refractivity contribution in [3.05, 3.63) is 24.3 Å². The highest BCUT2D eigenvalue weighted by atomic mass is 16.4. The fourth-order valence-electron chi connectivity index (χ4n) is 2.06. The standard InChI is InChI=1S/C10H12O2/c1-2-6-3-8(10(11)12)4-7-5-9(6)7/h2,5-6,8-9H,1,3-4H2,(H,11,12)/t6-,8-,9?/m1/s1. The predicted molar refractivity (Wildman–Crippen MR) is 45.6 cm³/mol. The van der Waals surface area contributed by atoms with Crippen molar-refractivity contribution in [2.75, 3.05) is 0 Å². The molecule has 1 fully saturated rings. The summed E-state index contributed by atoms with van der Waals surface area (Å²) in [5.41, 5.74) is 1.33. The SMILES string of the molecule is C=C[C@@H]1C[C@@H](C(=O)O)CC2=CC21. The Labute approximate surface area is 71.6 Å². The second kappa shape index (κ2) is 2.47. The summed E-state index contributed by atoms with van der Waals surface area (Å²) in [6.45, 7) is 3.73. The monoisotopic (exact) mass is 164 g/mol. The molecule has 2 nitrogen and oxygen atoms in total. The second-order valence-corrected chi connectivity index (χ2v) is 3.64. The second-order valence-electron chi connectivity index (χ2n) is 3.64. The van der Waals surface area contributed by atoms with Gasteiger partial charge in [0.15, 0.2) is 0 Å². The molecule has 64 valence electrons. The molecule has 1 N–H and O–H groups in total. The van der Waals surface area contributed by atoms with Crippen molar-refractivity contribution in [1.29, 1.82) is 0 Å². The van der Waals surface area contributed by atoms with Gasteiger partial charge >= 0.3 is 5.97 Å². The van der Waals surface area contributed by atoms with Crippen LogP contribution >= 0.6 is 0 Å². The van der Waals surface area contributed by atoms with Gasteiger partial charge in [-0.05, 0) is 18.8 Å². The largest absolute Gasteiger partial charge is 0.481 e. The Kier molecular flexibility index (Phi) is 1.56. The molecule has 0 spiro atoms. The first-order valence-electron chi connectivity index (χ1n) is 4.28. The van der Waals surface area contributed by atoms with E-state index in [1.165, 1.54) is 5.57 Å². The summed E-state index contributed by atoms with van der Waals surface area (Å²) in [5.74, 6) is 0.124. The average molecular weight is 164 g/mol. The van der Waals surface area contributed by atoms with Gasteiger partial charge in [-0.2, -0.15) is 0 Å². The van der Waals surface area contributed by atoms with Crippen LogP contribution in [-0.2, 0) is 4.79 Å². The van der Waals surface area contributed by atoms with E-state index in [4.69, 9.17) is 5.11 Å². The van der Waals surface area contributed by atoms with Gasteiger partial charge in [-0.15, -0.1) is 6.58 Å². The molecule has 0 saturated heterocycles. The zero-order valence-corrected chi connectivity index (χ0v) is 6.86. The van der Waals surface area contributed by atoms with Crippen molar-refractivity contribution in [1.82, 2.24) is 0 Å². The molecule has 2 aliphatic rings. The first-order valence-corrected chi connectivity index (χ1v) is 4.28. The molecule has 3 atom stereocenters. The van der Waals surface area contributed by atoms with E-state index in [-0.39, 0.29) is 5.92 Å². The van der Waals surface area contributed by atoms with Crippen LogP contribution in [0.1, 0.15) is 12.8 Å². The summed E-state index contributed by atoms with van der Waals surface area (Å²) in [5, 5.41) is 8.83. The van der Waals surface area contributed by atoms with Gasteiger partial charge in [0.1, 0.15) is 0 Å². The summed E-state index contributed by atoms with van der Waals surface area (Å²) in [6.07, 6.45) is 5.60. The van der Waals surface area contributed by atoms with Gasteiger partial charge in [0.05, 0.1) is 5.92 Å². The van der Waals surface area contributed by atoms with E-state index in [2.05, 4.69) is 12.7 Å². The molecule has 2 heteroatoms. The molecule has 1 unspecified atom stereocenters. The third kappa shape index (κ3) is 1.07. The molecule has 0 aromatic rings. The van der Waals surface area contributed by atoms with E-state index in [9.17, 15) is 4.79 Å². The zero-order valence-electron chi connectivity index (χ0n) is 6.86. The quantitative estimate of drug-likeness (QED) is 0.632. The highest BCUT2D eigenvalue weighted by Crippen LogP contribution is 2.48. The minimum atomic E-state index is -0.659. The molecular formula is C10H12O2. The van der Waals surface area contributed by atoms with Crippen molar-refractivity contribution in [2.45, 2.75) is 12.8 Å². The van der Waals surface area contributed by atoms with Crippen LogP contribution in [0, 0.1) is 17.8 Å². The minimum absolute atomic E-state index is 0.169. The maximum atomic E-state index is 10.7. The van der Waals surface area contributed by atoms with Crippen molar-refractivity contribution in [2.24, 2.45) is 17.8 Å². The lowest BCUT2D eigenvalue weighted by Gasteiger charge is -2.23. The van der Waals surface area contributed by atoms with E-state index in [1.807, 2.05) is 6.08 Å². The van der Waals surface area contributed by atoms with E-state index >= 15 is 0 Å². The molecule has 2 aliphatic carbocycles. The number of carboxylic acid groups (broad SMARTS) is 1. The van der Waals surface area contributed by atoms with E-state index < -0.39 is 5.97 Å².